The van der Waals surface area contributed by atoms with Crippen molar-refractivity contribution in [3.05, 3.63) is 53.6 Å². The molecule has 1 amide bonds. The molecule has 0 radical (unpaired) electrons. The molecular formula is C18H22N2O2. The van der Waals surface area contributed by atoms with Crippen molar-refractivity contribution < 1.29 is 9.53 Å². The fourth-order valence-electron chi connectivity index (χ4n) is 2.35. The highest BCUT2D eigenvalue weighted by atomic mass is 16.5. The Morgan fingerprint density at radius 2 is 1.91 bits per heavy atom. The largest absolute Gasteiger partial charge is 0.495 e. The average molecular weight is 298 g/mol. The maximum Gasteiger partial charge on any atom is 0.243 e. The van der Waals surface area contributed by atoms with E-state index in [2.05, 4.69) is 17.6 Å². The summed E-state index contributed by atoms with van der Waals surface area (Å²) in [5.41, 5.74) is 3.94. The van der Waals surface area contributed by atoms with Crippen LogP contribution in [-0.4, -0.2) is 19.6 Å². The molecule has 0 heterocycles. The molecule has 0 aliphatic carbocycles. The number of methoxy groups -OCH3 is 1. The summed E-state index contributed by atoms with van der Waals surface area (Å²) in [6.07, 6.45) is 0.886. The molecule has 2 rings (SSSR count). The highest BCUT2D eigenvalue weighted by Crippen LogP contribution is 2.23. The molecular weight excluding hydrogens is 276 g/mol. The van der Waals surface area contributed by atoms with Crippen LogP contribution in [-0.2, 0) is 11.2 Å². The van der Waals surface area contributed by atoms with Gasteiger partial charge in [-0.15, -0.1) is 0 Å². The van der Waals surface area contributed by atoms with Crippen molar-refractivity contribution in [2.45, 2.75) is 20.3 Å². The molecule has 116 valence electrons. The molecule has 0 fully saturated rings. The maximum absolute atomic E-state index is 12.2. The van der Waals surface area contributed by atoms with E-state index in [9.17, 15) is 4.79 Å². The smallest absolute Gasteiger partial charge is 0.243 e. The number of ether oxygens (including phenoxy) is 1. The number of amides is 1. The lowest BCUT2D eigenvalue weighted by Crippen LogP contribution is -2.23. The second-order valence-corrected chi connectivity index (χ2v) is 5.06. The molecule has 4 heteroatoms. The van der Waals surface area contributed by atoms with Crippen LogP contribution in [0.3, 0.4) is 0 Å². The van der Waals surface area contributed by atoms with Crippen LogP contribution in [0.15, 0.2) is 42.5 Å². The predicted molar refractivity (Wildman–Crippen MR) is 90.7 cm³/mol. The van der Waals surface area contributed by atoms with E-state index in [0.717, 1.165) is 34.7 Å². The second-order valence-electron chi connectivity index (χ2n) is 5.06. The Bertz CT molecular complexity index is 653. The van der Waals surface area contributed by atoms with Crippen molar-refractivity contribution in [3.63, 3.8) is 0 Å². The number of para-hydroxylation sites is 3. The van der Waals surface area contributed by atoms with Crippen molar-refractivity contribution in [1.82, 2.24) is 0 Å². The van der Waals surface area contributed by atoms with Crippen LogP contribution in [0.2, 0.25) is 0 Å². The molecule has 0 saturated carbocycles. The molecule has 2 aromatic carbocycles. The van der Waals surface area contributed by atoms with E-state index in [1.807, 2.05) is 49.4 Å². The SMILES string of the molecule is CCc1cccc(C)c1NC(=O)CNc1ccccc1OC. The number of carbonyl (C=O) groups is 1. The molecule has 0 spiro atoms. The Balaban J connectivity index is 2.02. The molecule has 0 bridgehead atoms. The van der Waals surface area contributed by atoms with Gasteiger partial charge in [-0.1, -0.05) is 37.3 Å². The maximum atomic E-state index is 12.2. The summed E-state index contributed by atoms with van der Waals surface area (Å²) < 4.78 is 5.26. The molecule has 0 saturated heterocycles. The van der Waals surface area contributed by atoms with Gasteiger partial charge in [-0.2, -0.15) is 0 Å². The first-order chi connectivity index (χ1) is 10.7. The zero-order chi connectivity index (χ0) is 15.9. The summed E-state index contributed by atoms with van der Waals surface area (Å²) in [4.78, 5) is 12.2. The van der Waals surface area contributed by atoms with Gasteiger partial charge in [-0.25, -0.2) is 0 Å². The number of nitrogens with one attached hydrogen (secondary N) is 2. The Kier molecular flexibility index (Phi) is 5.42. The highest BCUT2D eigenvalue weighted by molar-refractivity contribution is 5.95. The van der Waals surface area contributed by atoms with E-state index in [0.29, 0.717) is 0 Å². The summed E-state index contributed by atoms with van der Waals surface area (Å²) in [5, 5.41) is 6.10. The molecule has 0 atom stereocenters. The van der Waals surface area contributed by atoms with E-state index >= 15 is 0 Å². The minimum Gasteiger partial charge on any atom is -0.495 e. The van der Waals surface area contributed by atoms with Gasteiger partial charge in [0.25, 0.3) is 0 Å². The fourth-order valence-corrected chi connectivity index (χ4v) is 2.35. The Labute approximate surface area is 131 Å². The van der Waals surface area contributed by atoms with Crippen LogP contribution < -0.4 is 15.4 Å². The van der Waals surface area contributed by atoms with Crippen LogP contribution in [0.5, 0.6) is 5.75 Å². The van der Waals surface area contributed by atoms with Gasteiger partial charge in [0.1, 0.15) is 5.75 Å². The summed E-state index contributed by atoms with van der Waals surface area (Å²) in [7, 11) is 1.61. The first-order valence-corrected chi connectivity index (χ1v) is 7.41. The first kappa shape index (κ1) is 15.9. The Hall–Kier alpha value is -2.49. The van der Waals surface area contributed by atoms with Crippen molar-refractivity contribution in [3.8, 4) is 5.75 Å². The standard InChI is InChI=1S/C18H22N2O2/c1-4-14-9-7-8-13(2)18(14)20-17(21)12-19-15-10-5-6-11-16(15)22-3/h5-11,19H,4,12H2,1-3H3,(H,20,21). The molecule has 22 heavy (non-hydrogen) atoms. The second kappa shape index (κ2) is 7.50. The minimum atomic E-state index is -0.0742. The van der Waals surface area contributed by atoms with E-state index in [4.69, 9.17) is 4.74 Å². The van der Waals surface area contributed by atoms with Gasteiger partial charge in [0.15, 0.2) is 0 Å². The van der Waals surface area contributed by atoms with E-state index in [1.165, 1.54) is 0 Å². The Morgan fingerprint density at radius 1 is 1.14 bits per heavy atom. The molecule has 0 unspecified atom stereocenters. The lowest BCUT2D eigenvalue weighted by molar-refractivity contribution is -0.114. The number of carbonyl (C=O) groups excluding carboxylic acids is 1. The third-order valence-electron chi connectivity index (χ3n) is 3.55. The van der Waals surface area contributed by atoms with Crippen molar-refractivity contribution in [1.29, 1.82) is 0 Å². The topological polar surface area (TPSA) is 50.4 Å². The van der Waals surface area contributed by atoms with Gasteiger partial charge in [0.2, 0.25) is 5.91 Å². The number of hydrogen-bond acceptors (Lipinski definition) is 3. The number of hydrogen-bond donors (Lipinski definition) is 2. The third kappa shape index (κ3) is 3.79. The van der Waals surface area contributed by atoms with E-state index < -0.39 is 0 Å². The van der Waals surface area contributed by atoms with Gasteiger partial charge in [-0.05, 0) is 36.6 Å². The van der Waals surface area contributed by atoms with Crippen molar-refractivity contribution in [2.24, 2.45) is 0 Å². The molecule has 0 aliphatic rings. The predicted octanol–water partition coefficient (Wildman–Crippen LogP) is 3.62. The summed E-state index contributed by atoms with van der Waals surface area (Å²) in [6.45, 7) is 4.28. The molecule has 2 aromatic rings. The monoisotopic (exact) mass is 298 g/mol. The zero-order valence-corrected chi connectivity index (χ0v) is 13.3. The first-order valence-electron chi connectivity index (χ1n) is 7.41. The Morgan fingerprint density at radius 3 is 2.64 bits per heavy atom. The average Bonchev–Trinajstić information content (AvgIpc) is 2.55. The van der Waals surface area contributed by atoms with Crippen LogP contribution in [0.25, 0.3) is 0 Å². The number of benzene rings is 2. The van der Waals surface area contributed by atoms with Gasteiger partial charge in [-0.3, -0.25) is 4.79 Å². The lowest BCUT2D eigenvalue weighted by atomic mass is 10.1. The van der Waals surface area contributed by atoms with Crippen LogP contribution in [0, 0.1) is 6.92 Å². The quantitative estimate of drug-likeness (QED) is 0.856. The highest BCUT2D eigenvalue weighted by Gasteiger charge is 2.09. The van der Waals surface area contributed by atoms with Gasteiger partial charge in [0, 0.05) is 5.69 Å². The number of rotatable bonds is 6. The van der Waals surface area contributed by atoms with Crippen LogP contribution in [0.1, 0.15) is 18.1 Å². The molecule has 0 aromatic heterocycles. The normalized spacial score (nSPS) is 10.1. The number of aryl methyl sites for hydroxylation is 2. The molecule has 2 N–H and O–H groups in total. The number of anilines is 2. The van der Waals surface area contributed by atoms with Crippen molar-refractivity contribution >= 4 is 17.3 Å². The van der Waals surface area contributed by atoms with E-state index in [1.54, 1.807) is 7.11 Å². The van der Waals surface area contributed by atoms with Gasteiger partial charge < -0.3 is 15.4 Å². The van der Waals surface area contributed by atoms with Crippen LogP contribution >= 0.6 is 0 Å². The lowest BCUT2D eigenvalue weighted by Gasteiger charge is -2.14. The van der Waals surface area contributed by atoms with E-state index in [-0.39, 0.29) is 12.5 Å². The summed E-state index contributed by atoms with van der Waals surface area (Å²) in [6, 6.07) is 13.6. The zero-order valence-electron chi connectivity index (χ0n) is 13.3. The molecule has 0 aliphatic heterocycles. The van der Waals surface area contributed by atoms with Gasteiger partial charge in [0.05, 0.1) is 19.3 Å². The fraction of sp³-hybridized carbons (Fsp3) is 0.278. The molecule has 4 nitrogen and oxygen atoms in total. The summed E-state index contributed by atoms with van der Waals surface area (Å²) >= 11 is 0. The third-order valence-corrected chi connectivity index (χ3v) is 3.55. The van der Waals surface area contributed by atoms with Crippen LogP contribution in [0.4, 0.5) is 11.4 Å². The van der Waals surface area contributed by atoms with Crippen molar-refractivity contribution in [2.75, 3.05) is 24.3 Å². The van der Waals surface area contributed by atoms with Gasteiger partial charge >= 0.3 is 0 Å². The summed E-state index contributed by atoms with van der Waals surface area (Å²) in [5.74, 6) is 0.648. The minimum absolute atomic E-state index is 0.0742.